The van der Waals surface area contributed by atoms with Crippen LogP contribution in [0.3, 0.4) is 0 Å². The summed E-state index contributed by atoms with van der Waals surface area (Å²) < 4.78 is 15.9. The lowest BCUT2D eigenvalue weighted by Gasteiger charge is -2.07. The Bertz CT molecular complexity index is 1150. The van der Waals surface area contributed by atoms with Gasteiger partial charge in [-0.2, -0.15) is 0 Å². The number of aryl methyl sites for hydroxylation is 2. The van der Waals surface area contributed by atoms with Crippen molar-refractivity contribution in [1.82, 2.24) is 19.9 Å². The molecule has 0 aliphatic rings. The summed E-state index contributed by atoms with van der Waals surface area (Å²) in [6.45, 7) is 2.30. The normalized spacial score (nSPS) is 11.2. The van der Waals surface area contributed by atoms with Crippen LogP contribution in [0, 0.1) is 12.7 Å². The standard InChI is InChI=1S/C20H17FN4O/c1-12-23-17-10-13(6-9-18(17)25(12)2)11-22-20(26)16-8-7-14-4-3-5-15(21)19(14)24-16/h3-10H,11H2,1-2H3,(H,22,26). The number of hydrogen-bond donors (Lipinski definition) is 1. The number of carbonyl (C=O) groups excluding carboxylic acids is 1. The summed E-state index contributed by atoms with van der Waals surface area (Å²) in [5.74, 6) is 0.157. The quantitative estimate of drug-likeness (QED) is 0.616. The molecule has 0 unspecified atom stereocenters. The molecule has 4 aromatic rings. The van der Waals surface area contributed by atoms with Gasteiger partial charge in [0.2, 0.25) is 0 Å². The fraction of sp³-hybridized carbons (Fsp3) is 0.150. The molecule has 0 spiro atoms. The maximum Gasteiger partial charge on any atom is 0.270 e. The van der Waals surface area contributed by atoms with E-state index in [2.05, 4.69) is 15.3 Å². The van der Waals surface area contributed by atoms with Crippen molar-refractivity contribution in [3.63, 3.8) is 0 Å². The van der Waals surface area contributed by atoms with Crippen LogP contribution in [0.15, 0.2) is 48.5 Å². The lowest BCUT2D eigenvalue weighted by Crippen LogP contribution is -2.23. The Morgan fingerprint density at radius 2 is 2.00 bits per heavy atom. The van der Waals surface area contributed by atoms with E-state index in [1.807, 2.05) is 36.7 Å². The molecule has 6 heteroatoms. The molecule has 0 aliphatic carbocycles. The number of rotatable bonds is 3. The molecule has 0 atom stereocenters. The van der Waals surface area contributed by atoms with E-state index in [1.165, 1.54) is 6.07 Å². The largest absolute Gasteiger partial charge is 0.347 e. The maximum absolute atomic E-state index is 13.9. The number of benzene rings is 2. The Kier molecular flexibility index (Phi) is 3.88. The van der Waals surface area contributed by atoms with Gasteiger partial charge < -0.3 is 9.88 Å². The van der Waals surface area contributed by atoms with Crippen molar-refractivity contribution in [2.75, 3.05) is 0 Å². The van der Waals surface area contributed by atoms with E-state index in [1.54, 1.807) is 24.3 Å². The molecule has 26 heavy (non-hydrogen) atoms. The van der Waals surface area contributed by atoms with Gasteiger partial charge in [-0.25, -0.2) is 14.4 Å². The molecule has 2 aromatic heterocycles. The maximum atomic E-state index is 13.9. The Balaban J connectivity index is 1.54. The molecule has 130 valence electrons. The number of aromatic nitrogens is 3. The lowest BCUT2D eigenvalue weighted by molar-refractivity contribution is 0.0946. The summed E-state index contributed by atoms with van der Waals surface area (Å²) in [7, 11) is 1.97. The molecular formula is C20H17FN4O. The van der Waals surface area contributed by atoms with Gasteiger partial charge >= 0.3 is 0 Å². The molecule has 0 saturated carbocycles. The van der Waals surface area contributed by atoms with Crippen LogP contribution in [0.5, 0.6) is 0 Å². The van der Waals surface area contributed by atoms with Crippen molar-refractivity contribution in [2.45, 2.75) is 13.5 Å². The number of nitrogens with one attached hydrogen (secondary N) is 1. The zero-order valence-electron chi connectivity index (χ0n) is 14.5. The first-order chi connectivity index (χ1) is 12.5. The van der Waals surface area contributed by atoms with Crippen LogP contribution < -0.4 is 5.32 Å². The topological polar surface area (TPSA) is 59.8 Å². The lowest BCUT2D eigenvalue weighted by atomic mass is 10.2. The second-order valence-corrected chi connectivity index (χ2v) is 6.23. The van der Waals surface area contributed by atoms with Crippen molar-refractivity contribution in [1.29, 1.82) is 0 Å². The molecule has 4 rings (SSSR count). The first-order valence-corrected chi connectivity index (χ1v) is 8.28. The molecule has 1 N–H and O–H groups in total. The van der Waals surface area contributed by atoms with Gasteiger partial charge in [0.1, 0.15) is 22.9 Å². The summed E-state index contributed by atoms with van der Waals surface area (Å²) in [5, 5.41) is 3.49. The van der Waals surface area contributed by atoms with E-state index in [-0.39, 0.29) is 17.1 Å². The van der Waals surface area contributed by atoms with Crippen LogP contribution in [0.1, 0.15) is 21.9 Å². The Morgan fingerprint density at radius 3 is 2.85 bits per heavy atom. The minimum atomic E-state index is -0.437. The molecule has 0 fully saturated rings. The van der Waals surface area contributed by atoms with Gasteiger partial charge in [-0.15, -0.1) is 0 Å². The van der Waals surface area contributed by atoms with Crippen LogP contribution in [0.4, 0.5) is 4.39 Å². The monoisotopic (exact) mass is 348 g/mol. The number of nitrogens with zero attached hydrogens (tertiary/aromatic N) is 3. The smallest absolute Gasteiger partial charge is 0.270 e. The summed E-state index contributed by atoms with van der Waals surface area (Å²) >= 11 is 0. The second-order valence-electron chi connectivity index (χ2n) is 6.23. The average Bonchev–Trinajstić information content (AvgIpc) is 2.93. The highest BCUT2D eigenvalue weighted by Gasteiger charge is 2.11. The zero-order valence-corrected chi connectivity index (χ0v) is 14.5. The second kappa shape index (κ2) is 6.22. The van der Waals surface area contributed by atoms with Crippen molar-refractivity contribution in [3.05, 3.63) is 71.4 Å². The van der Waals surface area contributed by atoms with Crippen LogP contribution >= 0.6 is 0 Å². The molecule has 5 nitrogen and oxygen atoms in total. The number of halogens is 1. The number of amides is 1. The van der Waals surface area contributed by atoms with Crippen molar-refractivity contribution >= 4 is 27.8 Å². The number of pyridine rings is 1. The third kappa shape index (κ3) is 2.79. The summed E-state index contributed by atoms with van der Waals surface area (Å²) in [6.07, 6.45) is 0. The van der Waals surface area contributed by atoms with Crippen molar-refractivity contribution in [3.8, 4) is 0 Å². The minimum absolute atomic E-state index is 0.192. The molecule has 0 saturated heterocycles. The SMILES string of the molecule is Cc1nc2cc(CNC(=O)c3ccc4cccc(F)c4n3)ccc2n1C. The van der Waals surface area contributed by atoms with E-state index < -0.39 is 5.82 Å². The van der Waals surface area contributed by atoms with Gasteiger partial charge in [-0.05, 0) is 36.8 Å². The van der Waals surface area contributed by atoms with E-state index >= 15 is 0 Å². The molecular weight excluding hydrogens is 331 g/mol. The first-order valence-electron chi connectivity index (χ1n) is 8.28. The highest BCUT2D eigenvalue weighted by molar-refractivity contribution is 5.95. The highest BCUT2D eigenvalue weighted by atomic mass is 19.1. The Hall–Kier alpha value is -3.28. The number of imidazole rings is 1. The van der Waals surface area contributed by atoms with Gasteiger partial charge in [0.05, 0.1) is 11.0 Å². The third-order valence-corrected chi connectivity index (χ3v) is 4.53. The molecule has 0 aliphatic heterocycles. The van der Waals surface area contributed by atoms with Crippen LogP contribution in [0.2, 0.25) is 0 Å². The van der Waals surface area contributed by atoms with Crippen LogP contribution in [-0.2, 0) is 13.6 Å². The average molecular weight is 348 g/mol. The molecule has 2 aromatic carbocycles. The van der Waals surface area contributed by atoms with Crippen molar-refractivity contribution in [2.24, 2.45) is 7.05 Å². The fourth-order valence-electron chi connectivity index (χ4n) is 2.99. The van der Waals surface area contributed by atoms with E-state index in [0.717, 1.165) is 22.4 Å². The first kappa shape index (κ1) is 16.2. The Labute approximate surface area is 149 Å². The minimum Gasteiger partial charge on any atom is -0.347 e. The summed E-state index contributed by atoms with van der Waals surface area (Å²) in [6, 6.07) is 13.9. The molecule has 1 amide bonds. The molecule has 2 heterocycles. The Morgan fingerprint density at radius 1 is 1.15 bits per heavy atom. The predicted molar refractivity (Wildman–Crippen MR) is 98.3 cm³/mol. The van der Waals surface area contributed by atoms with Gasteiger partial charge in [0.15, 0.2) is 0 Å². The van der Waals surface area contributed by atoms with Crippen molar-refractivity contribution < 1.29 is 9.18 Å². The van der Waals surface area contributed by atoms with E-state index in [9.17, 15) is 9.18 Å². The highest BCUT2D eigenvalue weighted by Crippen LogP contribution is 2.17. The summed E-state index contributed by atoms with van der Waals surface area (Å²) in [5.41, 5.74) is 3.27. The number of fused-ring (bicyclic) bond motifs is 2. The predicted octanol–water partition coefficient (Wildman–Crippen LogP) is 3.50. The molecule has 0 bridgehead atoms. The number of carbonyl (C=O) groups is 1. The third-order valence-electron chi connectivity index (χ3n) is 4.53. The fourth-order valence-corrected chi connectivity index (χ4v) is 2.99. The number of hydrogen-bond acceptors (Lipinski definition) is 3. The van der Waals surface area contributed by atoms with E-state index in [0.29, 0.717) is 11.9 Å². The van der Waals surface area contributed by atoms with E-state index in [4.69, 9.17) is 0 Å². The zero-order chi connectivity index (χ0) is 18.3. The van der Waals surface area contributed by atoms with Gasteiger partial charge in [-0.3, -0.25) is 4.79 Å². The number of para-hydroxylation sites is 1. The van der Waals surface area contributed by atoms with Crippen LogP contribution in [-0.4, -0.2) is 20.4 Å². The molecule has 0 radical (unpaired) electrons. The summed E-state index contributed by atoms with van der Waals surface area (Å²) in [4.78, 5) is 21.0. The van der Waals surface area contributed by atoms with Gasteiger partial charge in [0, 0.05) is 19.0 Å². The van der Waals surface area contributed by atoms with Gasteiger partial charge in [0.25, 0.3) is 5.91 Å². The van der Waals surface area contributed by atoms with Gasteiger partial charge in [-0.1, -0.05) is 24.3 Å². The van der Waals surface area contributed by atoms with Crippen LogP contribution in [0.25, 0.3) is 21.9 Å².